The molecule has 0 saturated heterocycles. The third kappa shape index (κ3) is 3.04. The minimum absolute atomic E-state index is 0.0468. The first-order chi connectivity index (χ1) is 6.74. The molecule has 0 bridgehead atoms. The second-order valence-corrected chi connectivity index (χ2v) is 2.89. The first-order valence-corrected chi connectivity index (χ1v) is 4.59. The molecule has 0 aliphatic heterocycles. The number of rotatable bonds is 5. The number of nitrogens with one attached hydrogen (secondary N) is 1. The summed E-state index contributed by atoms with van der Waals surface area (Å²) in [7, 11) is 0. The van der Waals surface area contributed by atoms with Crippen molar-refractivity contribution < 1.29 is 9.53 Å². The molecule has 0 amide bonds. The van der Waals surface area contributed by atoms with Gasteiger partial charge in [-0.3, -0.25) is 5.10 Å². The maximum atomic E-state index is 11.2. The number of aromatic amines is 1. The number of nitrogens with two attached hydrogens (primary N) is 1. The van der Waals surface area contributed by atoms with Crippen molar-refractivity contribution in [2.24, 2.45) is 0 Å². The number of esters is 1. The van der Waals surface area contributed by atoms with Gasteiger partial charge < -0.3 is 10.5 Å². The third-order valence-corrected chi connectivity index (χ3v) is 1.68. The lowest BCUT2D eigenvalue weighted by atomic mass is 10.3. The molecule has 1 rings (SSSR count). The number of nitrogen functional groups attached to an aromatic ring is 1. The number of hydrogen-bond acceptors (Lipinski definition) is 5. The summed E-state index contributed by atoms with van der Waals surface area (Å²) in [6.45, 7) is 2.49. The van der Waals surface area contributed by atoms with E-state index in [1.807, 2.05) is 0 Å². The van der Waals surface area contributed by atoms with E-state index in [2.05, 4.69) is 22.1 Å². The predicted molar refractivity (Wildman–Crippen MR) is 50.6 cm³/mol. The molecule has 0 aromatic carbocycles. The van der Waals surface area contributed by atoms with Gasteiger partial charge in [0, 0.05) is 0 Å². The Hall–Kier alpha value is -1.59. The van der Waals surface area contributed by atoms with Gasteiger partial charge in [0.2, 0.25) is 11.8 Å². The predicted octanol–water partition coefficient (Wildman–Crippen LogP) is 0.734. The van der Waals surface area contributed by atoms with Crippen molar-refractivity contribution in [1.29, 1.82) is 0 Å². The molecule has 1 heterocycles. The molecule has 0 aliphatic rings. The Labute approximate surface area is 81.9 Å². The van der Waals surface area contributed by atoms with Crippen LogP contribution in [0.4, 0.5) is 5.95 Å². The fourth-order valence-electron chi connectivity index (χ4n) is 0.951. The van der Waals surface area contributed by atoms with Gasteiger partial charge in [-0.1, -0.05) is 19.8 Å². The average molecular weight is 198 g/mol. The van der Waals surface area contributed by atoms with Gasteiger partial charge in [0.05, 0.1) is 6.61 Å². The second kappa shape index (κ2) is 5.21. The van der Waals surface area contributed by atoms with Crippen LogP contribution in [0.15, 0.2) is 0 Å². The highest BCUT2D eigenvalue weighted by Gasteiger charge is 2.11. The molecule has 0 spiro atoms. The first kappa shape index (κ1) is 10.5. The van der Waals surface area contributed by atoms with Crippen molar-refractivity contribution in [1.82, 2.24) is 15.2 Å². The number of aromatic nitrogens is 3. The van der Waals surface area contributed by atoms with Gasteiger partial charge in [0.1, 0.15) is 0 Å². The van der Waals surface area contributed by atoms with Crippen molar-refractivity contribution in [3.8, 4) is 0 Å². The molecule has 14 heavy (non-hydrogen) atoms. The van der Waals surface area contributed by atoms with Crippen LogP contribution < -0.4 is 5.73 Å². The quantitative estimate of drug-likeness (QED) is 0.537. The smallest absolute Gasteiger partial charge is 0.375 e. The van der Waals surface area contributed by atoms with Crippen LogP contribution in [0.1, 0.15) is 36.8 Å². The highest BCUT2D eigenvalue weighted by Crippen LogP contribution is 1.99. The minimum atomic E-state index is -0.509. The van der Waals surface area contributed by atoms with Crippen molar-refractivity contribution in [3.05, 3.63) is 5.82 Å². The van der Waals surface area contributed by atoms with E-state index in [1.54, 1.807) is 0 Å². The molecule has 6 heteroatoms. The Kier molecular flexibility index (Phi) is 3.90. The van der Waals surface area contributed by atoms with Crippen molar-refractivity contribution in [3.63, 3.8) is 0 Å². The fraction of sp³-hybridized carbons (Fsp3) is 0.625. The van der Waals surface area contributed by atoms with Gasteiger partial charge in [-0.25, -0.2) is 4.79 Å². The van der Waals surface area contributed by atoms with Crippen LogP contribution in [-0.4, -0.2) is 27.8 Å². The Morgan fingerprint density at radius 1 is 1.57 bits per heavy atom. The lowest BCUT2D eigenvalue weighted by Gasteiger charge is -2.00. The summed E-state index contributed by atoms with van der Waals surface area (Å²) in [6, 6.07) is 0. The Morgan fingerprint density at radius 2 is 2.36 bits per heavy atom. The van der Waals surface area contributed by atoms with E-state index in [0.717, 1.165) is 19.3 Å². The number of nitrogens with zero attached hydrogens (tertiary/aromatic N) is 2. The highest BCUT2D eigenvalue weighted by atomic mass is 16.5. The lowest BCUT2D eigenvalue weighted by Crippen LogP contribution is -2.08. The Bertz CT molecular complexity index is 297. The normalized spacial score (nSPS) is 10.1. The monoisotopic (exact) mass is 198 g/mol. The largest absolute Gasteiger partial charge is 0.460 e. The lowest BCUT2D eigenvalue weighted by molar-refractivity contribution is 0.0484. The summed E-state index contributed by atoms with van der Waals surface area (Å²) in [5, 5.41) is 5.91. The van der Waals surface area contributed by atoms with Crippen molar-refractivity contribution in [2.75, 3.05) is 12.3 Å². The summed E-state index contributed by atoms with van der Waals surface area (Å²) < 4.78 is 4.92. The van der Waals surface area contributed by atoms with Crippen LogP contribution in [0, 0.1) is 0 Å². The molecule has 0 unspecified atom stereocenters. The van der Waals surface area contributed by atoms with Crippen LogP contribution in [0.3, 0.4) is 0 Å². The number of unbranched alkanes of at least 4 members (excludes halogenated alkanes) is 2. The zero-order chi connectivity index (χ0) is 10.4. The summed E-state index contributed by atoms with van der Waals surface area (Å²) in [5.41, 5.74) is 5.23. The number of hydrogen-bond donors (Lipinski definition) is 2. The van der Waals surface area contributed by atoms with Crippen molar-refractivity contribution >= 4 is 11.9 Å². The molecular formula is C8H14N4O2. The van der Waals surface area contributed by atoms with E-state index < -0.39 is 5.97 Å². The first-order valence-electron chi connectivity index (χ1n) is 4.59. The molecule has 0 radical (unpaired) electrons. The molecule has 0 saturated carbocycles. The zero-order valence-corrected chi connectivity index (χ0v) is 8.12. The molecule has 0 fully saturated rings. The van der Waals surface area contributed by atoms with E-state index in [9.17, 15) is 4.79 Å². The van der Waals surface area contributed by atoms with E-state index in [1.165, 1.54) is 0 Å². The summed E-state index contributed by atoms with van der Waals surface area (Å²) in [4.78, 5) is 14.9. The number of carbonyl (C=O) groups excluding carboxylic acids is 1. The number of H-pyrrole nitrogens is 1. The van der Waals surface area contributed by atoms with Crippen LogP contribution in [0.5, 0.6) is 0 Å². The molecule has 0 aliphatic carbocycles. The van der Waals surface area contributed by atoms with E-state index in [4.69, 9.17) is 10.5 Å². The Morgan fingerprint density at radius 3 is 2.93 bits per heavy atom. The van der Waals surface area contributed by atoms with Crippen LogP contribution in [0.2, 0.25) is 0 Å². The molecular weight excluding hydrogens is 184 g/mol. The second-order valence-electron chi connectivity index (χ2n) is 2.89. The maximum absolute atomic E-state index is 11.2. The number of ether oxygens (including phenoxy) is 1. The standard InChI is InChI=1S/C8H14N4O2/c1-2-3-4-5-14-7(13)6-10-8(9)12-11-6/h2-5H2,1H3,(H3,9,10,11,12). The topological polar surface area (TPSA) is 93.9 Å². The van der Waals surface area contributed by atoms with Crippen LogP contribution >= 0.6 is 0 Å². The van der Waals surface area contributed by atoms with E-state index in [0.29, 0.717) is 6.61 Å². The average Bonchev–Trinajstić information content (AvgIpc) is 2.59. The van der Waals surface area contributed by atoms with Crippen molar-refractivity contribution in [2.45, 2.75) is 26.2 Å². The molecule has 3 N–H and O–H groups in total. The minimum Gasteiger partial charge on any atom is -0.460 e. The summed E-state index contributed by atoms with van der Waals surface area (Å²) in [6.07, 6.45) is 3.00. The van der Waals surface area contributed by atoms with E-state index >= 15 is 0 Å². The molecule has 0 atom stereocenters. The fourth-order valence-corrected chi connectivity index (χ4v) is 0.951. The maximum Gasteiger partial charge on any atom is 0.375 e. The summed E-state index contributed by atoms with van der Waals surface area (Å²) in [5.74, 6) is -0.408. The van der Waals surface area contributed by atoms with Gasteiger partial charge in [-0.15, -0.1) is 5.10 Å². The van der Waals surface area contributed by atoms with Crippen LogP contribution in [-0.2, 0) is 4.74 Å². The van der Waals surface area contributed by atoms with E-state index in [-0.39, 0.29) is 11.8 Å². The molecule has 78 valence electrons. The number of anilines is 1. The molecule has 6 nitrogen and oxygen atoms in total. The number of carbonyl (C=O) groups is 1. The zero-order valence-electron chi connectivity index (χ0n) is 8.12. The van der Waals surface area contributed by atoms with Gasteiger partial charge in [-0.2, -0.15) is 4.98 Å². The van der Waals surface area contributed by atoms with Gasteiger partial charge >= 0.3 is 5.97 Å². The summed E-state index contributed by atoms with van der Waals surface area (Å²) >= 11 is 0. The molecule has 1 aromatic rings. The highest BCUT2D eigenvalue weighted by molar-refractivity contribution is 5.85. The SMILES string of the molecule is CCCCCOC(=O)c1nc(N)n[nH]1. The van der Waals surface area contributed by atoms with Gasteiger partial charge in [-0.05, 0) is 6.42 Å². The molecule has 1 aromatic heterocycles. The van der Waals surface area contributed by atoms with Gasteiger partial charge in [0.25, 0.3) is 0 Å². The van der Waals surface area contributed by atoms with Gasteiger partial charge in [0.15, 0.2) is 0 Å². The van der Waals surface area contributed by atoms with Crippen LogP contribution in [0.25, 0.3) is 0 Å². The Balaban J connectivity index is 2.29. The third-order valence-electron chi connectivity index (χ3n) is 1.68.